The van der Waals surface area contributed by atoms with Gasteiger partial charge >= 0.3 is 6.01 Å². The molecular weight excluding hydrogens is 592 g/mol. The Balaban J connectivity index is 1.27. The molecule has 3 N–H and O–H groups in total. The third-order valence-corrected chi connectivity index (χ3v) is 11.4. The molecule has 6 heterocycles. The van der Waals surface area contributed by atoms with Gasteiger partial charge in [0.1, 0.15) is 23.8 Å². The summed E-state index contributed by atoms with van der Waals surface area (Å²) in [7, 11) is 0. The number of nitrogens with one attached hydrogen (secondary N) is 1. The molecule has 43 heavy (non-hydrogen) atoms. The third kappa shape index (κ3) is 4.53. The highest BCUT2D eigenvalue weighted by Crippen LogP contribution is 2.45. The predicted octanol–water partition coefficient (Wildman–Crippen LogP) is 6.01. The van der Waals surface area contributed by atoms with E-state index < -0.39 is 11.6 Å². The third-order valence-electron chi connectivity index (χ3n) is 10.2. The summed E-state index contributed by atoms with van der Waals surface area (Å²) in [5.74, 6) is -0.419. The number of piperidine rings is 1. The zero-order chi connectivity index (χ0) is 29.3. The average molecular weight is 626 g/mol. The molecule has 4 aliphatic rings. The van der Waals surface area contributed by atoms with Gasteiger partial charge in [0.05, 0.1) is 20.8 Å². The highest BCUT2D eigenvalue weighted by molar-refractivity contribution is 7.22. The molecule has 0 saturated carbocycles. The zero-order valence-corrected chi connectivity index (χ0v) is 25.5. The van der Waals surface area contributed by atoms with E-state index in [2.05, 4.69) is 25.1 Å². The van der Waals surface area contributed by atoms with E-state index >= 15 is 4.39 Å². The van der Waals surface area contributed by atoms with Gasteiger partial charge < -0.3 is 20.7 Å². The molecule has 4 fully saturated rings. The lowest BCUT2D eigenvalue weighted by molar-refractivity contribution is 0.108. The van der Waals surface area contributed by atoms with E-state index in [9.17, 15) is 4.39 Å². The molecule has 1 spiro atoms. The minimum absolute atomic E-state index is 0.00283. The number of rotatable bonds is 5. The second kappa shape index (κ2) is 10.4. The largest absolute Gasteiger partial charge is 0.461 e. The zero-order valence-electron chi connectivity index (χ0n) is 23.9. The van der Waals surface area contributed by atoms with E-state index in [0.29, 0.717) is 23.4 Å². The number of hydrogen-bond donors (Lipinski definition) is 2. The summed E-state index contributed by atoms with van der Waals surface area (Å²) >= 11 is 7.88. The Morgan fingerprint density at radius 1 is 1.02 bits per heavy atom. The number of nitrogens with two attached hydrogens (primary N) is 1. The summed E-state index contributed by atoms with van der Waals surface area (Å²) in [4.78, 5) is 18.7. The highest BCUT2D eigenvalue weighted by Gasteiger charge is 2.45. The van der Waals surface area contributed by atoms with Crippen molar-refractivity contribution in [1.29, 1.82) is 0 Å². The maximum Gasteiger partial charge on any atom is 0.319 e. The molecule has 1 unspecified atom stereocenters. The Morgan fingerprint density at radius 2 is 1.84 bits per heavy atom. The number of benzene rings is 2. The van der Waals surface area contributed by atoms with Crippen LogP contribution in [0.25, 0.3) is 32.2 Å². The molecule has 226 valence electrons. The Morgan fingerprint density at radius 3 is 2.63 bits per heavy atom. The van der Waals surface area contributed by atoms with Crippen molar-refractivity contribution in [1.82, 2.24) is 25.2 Å². The standard InChI is InChI=1S/C31H34ClF2N7OS/c32-20-14-19-24(23(34)22(20)18-4-5-21(33)26-25(18)37-28(35)43-26)38-29(42-17-31-7-2-12-41(31)13-3-8-31)39-27(19)40-11-1-6-30(16-40)9-10-36-15-30/h4-5,14,36H,1-3,6-13,15-17H2,(H2,35,37). The number of aromatic nitrogens is 3. The maximum atomic E-state index is 16.8. The molecule has 0 aliphatic carbocycles. The van der Waals surface area contributed by atoms with Crippen LogP contribution in [0, 0.1) is 17.0 Å². The monoisotopic (exact) mass is 625 g/mol. The van der Waals surface area contributed by atoms with Crippen LogP contribution in [0.4, 0.5) is 19.7 Å². The molecular formula is C31H34ClF2N7OS. The lowest BCUT2D eigenvalue weighted by atomic mass is 9.79. The number of ether oxygens (including phenoxy) is 1. The molecule has 0 radical (unpaired) electrons. The SMILES string of the molecule is Nc1nc2c(-c3c(Cl)cc4c(N5CCCC6(CCNC6)C5)nc(OCC56CCCN5CCC6)nc4c3F)ccc(F)c2s1. The average Bonchev–Trinajstić information content (AvgIpc) is 3.78. The van der Waals surface area contributed by atoms with Crippen molar-refractivity contribution in [2.75, 3.05) is 56.5 Å². The van der Waals surface area contributed by atoms with Gasteiger partial charge in [0.25, 0.3) is 0 Å². The quantitative estimate of drug-likeness (QED) is 0.279. The van der Waals surface area contributed by atoms with Crippen molar-refractivity contribution >= 4 is 55.0 Å². The fourth-order valence-corrected chi connectivity index (χ4v) is 9.16. The normalized spacial score (nSPS) is 23.7. The second-order valence-electron chi connectivity index (χ2n) is 12.8. The van der Waals surface area contributed by atoms with Crippen LogP contribution in [-0.2, 0) is 0 Å². The lowest BCUT2D eigenvalue weighted by Crippen LogP contribution is -2.45. The van der Waals surface area contributed by atoms with E-state index in [0.717, 1.165) is 95.6 Å². The van der Waals surface area contributed by atoms with Gasteiger partial charge in [-0.2, -0.15) is 9.97 Å². The van der Waals surface area contributed by atoms with E-state index in [1.165, 1.54) is 12.1 Å². The Hall–Kier alpha value is -2.86. The van der Waals surface area contributed by atoms with E-state index in [1.807, 2.05) is 0 Å². The first-order chi connectivity index (χ1) is 20.8. The maximum absolute atomic E-state index is 16.8. The molecule has 0 bridgehead atoms. The van der Waals surface area contributed by atoms with E-state index in [1.54, 1.807) is 6.07 Å². The van der Waals surface area contributed by atoms with Crippen molar-refractivity contribution in [3.63, 3.8) is 0 Å². The second-order valence-corrected chi connectivity index (χ2v) is 14.2. The van der Waals surface area contributed by atoms with Gasteiger partial charge in [-0.15, -0.1) is 0 Å². The van der Waals surface area contributed by atoms with Gasteiger partial charge in [-0.05, 0) is 82.8 Å². The number of nitrogens with zero attached hydrogens (tertiary/aromatic N) is 5. The summed E-state index contributed by atoms with van der Waals surface area (Å²) in [5, 5.41) is 4.45. The van der Waals surface area contributed by atoms with Gasteiger partial charge in [0.2, 0.25) is 0 Å². The molecule has 2 aromatic carbocycles. The van der Waals surface area contributed by atoms with Gasteiger partial charge in [-0.25, -0.2) is 13.8 Å². The van der Waals surface area contributed by atoms with Crippen molar-refractivity contribution in [3.8, 4) is 17.1 Å². The summed E-state index contributed by atoms with van der Waals surface area (Å²) in [6.07, 6.45) is 7.75. The minimum atomic E-state index is -0.605. The summed E-state index contributed by atoms with van der Waals surface area (Å²) in [6.45, 7) is 6.24. The first-order valence-electron chi connectivity index (χ1n) is 15.2. The van der Waals surface area contributed by atoms with Crippen LogP contribution in [0.2, 0.25) is 5.02 Å². The van der Waals surface area contributed by atoms with Crippen molar-refractivity contribution in [2.45, 2.75) is 50.5 Å². The van der Waals surface area contributed by atoms with E-state index in [-0.39, 0.29) is 48.4 Å². The Labute approximate surface area is 257 Å². The van der Waals surface area contributed by atoms with Crippen LogP contribution >= 0.6 is 22.9 Å². The van der Waals surface area contributed by atoms with Crippen LogP contribution in [0.5, 0.6) is 6.01 Å². The topological polar surface area (TPSA) is 92.4 Å². The summed E-state index contributed by atoms with van der Waals surface area (Å²) in [5.41, 5.74) is 6.99. The van der Waals surface area contributed by atoms with Gasteiger partial charge in [0.15, 0.2) is 10.9 Å². The summed E-state index contributed by atoms with van der Waals surface area (Å²) in [6, 6.07) is 4.71. The van der Waals surface area contributed by atoms with Crippen LogP contribution < -0.4 is 20.7 Å². The molecule has 2 aromatic heterocycles. The fraction of sp³-hybridized carbons (Fsp3) is 0.516. The number of hydrogen-bond acceptors (Lipinski definition) is 9. The fourth-order valence-electron chi connectivity index (χ4n) is 8.10. The first kappa shape index (κ1) is 27.7. The molecule has 8 rings (SSSR count). The molecule has 4 aliphatic heterocycles. The number of anilines is 2. The highest BCUT2D eigenvalue weighted by atomic mass is 35.5. The lowest BCUT2D eigenvalue weighted by Gasteiger charge is -2.41. The van der Waals surface area contributed by atoms with Crippen molar-refractivity contribution in [2.24, 2.45) is 5.41 Å². The Kier molecular flexibility index (Phi) is 6.67. The number of nitrogen functional groups attached to an aromatic ring is 1. The number of thiazole rings is 1. The van der Waals surface area contributed by atoms with Crippen LogP contribution in [0.1, 0.15) is 44.9 Å². The smallest absolute Gasteiger partial charge is 0.319 e. The number of halogens is 3. The van der Waals surface area contributed by atoms with Crippen LogP contribution in [0.3, 0.4) is 0 Å². The molecule has 12 heteroatoms. The number of fused-ring (bicyclic) bond motifs is 3. The van der Waals surface area contributed by atoms with Gasteiger partial charge in [0, 0.05) is 41.6 Å². The van der Waals surface area contributed by atoms with Gasteiger partial charge in [-0.1, -0.05) is 22.9 Å². The van der Waals surface area contributed by atoms with Crippen LogP contribution in [0.15, 0.2) is 18.2 Å². The van der Waals surface area contributed by atoms with Crippen molar-refractivity contribution < 1.29 is 13.5 Å². The summed E-state index contributed by atoms with van der Waals surface area (Å²) < 4.78 is 38.1. The van der Waals surface area contributed by atoms with Gasteiger partial charge in [-0.3, -0.25) is 4.90 Å². The Bertz CT molecular complexity index is 1730. The minimum Gasteiger partial charge on any atom is -0.461 e. The van der Waals surface area contributed by atoms with E-state index in [4.69, 9.17) is 27.1 Å². The molecule has 4 saturated heterocycles. The molecule has 8 nitrogen and oxygen atoms in total. The molecule has 1 atom stereocenters. The molecule has 0 amide bonds. The van der Waals surface area contributed by atoms with Crippen LogP contribution in [-0.4, -0.2) is 71.3 Å². The van der Waals surface area contributed by atoms with Crippen molar-refractivity contribution in [3.05, 3.63) is 34.9 Å². The predicted molar refractivity (Wildman–Crippen MR) is 167 cm³/mol. The first-order valence-corrected chi connectivity index (χ1v) is 16.4. The molecule has 4 aromatic rings.